The van der Waals surface area contributed by atoms with Gasteiger partial charge in [0, 0.05) is 19.4 Å². The Labute approximate surface area is 357 Å². The van der Waals surface area contributed by atoms with Gasteiger partial charge in [0.2, 0.25) is 0 Å². The molecule has 342 valence electrons. The van der Waals surface area contributed by atoms with Crippen LogP contribution in [0.2, 0.25) is 0 Å². The van der Waals surface area contributed by atoms with Crippen molar-refractivity contribution in [1.82, 2.24) is 0 Å². The molecule has 0 aromatic heterocycles. The van der Waals surface area contributed by atoms with Crippen LogP contribution >= 0.6 is 7.82 Å². The van der Waals surface area contributed by atoms with E-state index in [9.17, 15) is 19.0 Å². The molecule has 0 bridgehead atoms. The van der Waals surface area contributed by atoms with E-state index in [2.05, 4.69) is 38.2 Å². The smallest absolute Gasteiger partial charge is 0.462 e. The lowest BCUT2D eigenvalue weighted by atomic mass is 10.0. The second-order valence-corrected chi connectivity index (χ2v) is 17.8. The number of allylic oxidation sites excluding steroid dienone is 4. The second kappa shape index (κ2) is 45.0. The lowest BCUT2D eigenvalue weighted by Crippen LogP contribution is -2.29. The topological polar surface area (TPSA) is 134 Å². The molecule has 0 aromatic rings. The Morgan fingerprint density at radius 1 is 0.517 bits per heavy atom. The van der Waals surface area contributed by atoms with Gasteiger partial charge in [-0.2, -0.15) is 0 Å². The van der Waals surface area contributed by atoms with Crippen molar-refractivity contribution in [2.24, 2.45) is 5.73 Å². The summed E-state index contributed by atoms with van der Waals surface area (Å²) < 4.78 is 32.8. The number of rotatable bonds is 46. The number of nitrogens with two attached hydrogens (primary N) is 1. The van der Waals surface area contributed by atoms with Crippen molar-refractivity contribution in [1.29, 1.82) is 0 Å². The number of carbonyl (C=O) groups is 2. The summed E-state index contributed by atoms with van der Waals surface area (Å²) in [6.07, 6.45) is 49.4. The Bertz CT molecular complexity index is 1010. The number of unbranched alkanes of at least 4 members (excludes halogenated alkanes) is 29. The van der Waals surface area contributed by atoms with Crippen molar-refractivity contribution in [3.63, 3.8) is 0 Å². The predicted octanol–water partition coefficient (Wildman–Crippen LogP) is 14.3. The predicted molar refractivity (Wildman–Crippen MR) is 243 cm³/mol. The van der Waals surface area contributed by atoms with E-state index in [1.807, 2.05) is 0 Å². The maximum atomic E-state index is 12.6. The van der Waals surface area contributed by atoms with Gasteiger partial charge in [-0.15, -0.1) is 0 Å². The number of hydrogen-bond donors (Lipinski definition) is 2. The quantitative estimate of drug-likeness (QED) is 0.0266. The van der Waals surface area contributed by atoms with Crippen molar-refractivity contribution in [3.8, 4) is 0 Å². The van der Waals surface area contributed by atoms with E-state index in [0.29, 0.717) is 12.8 Å². The minimum Gasteiger partial charge on any atom is -0.462 e. The largest absolute Gasteiger partial charge is 0.472 e. The van der Waals surface area contributed by atoms with E-state index >= 15 is 0 Å². The van der Waals surface area contributed by atoms with Crippen LogP contribution < -0.4 is 5.73 Å². The van der Waals surface area contributed by atoms with Crippen LogP contribution in [0.3, 0.4) is 0 Å². The highest BCUT2D eigenvalue weighted by molar-refractivity contribution is 7.47. The molecule has 0 saturated heterocycles. The molecule has 10 heteroatoms. The van der Waals surface area contributed by atoms with Crippen LogP contribution in [-0.2, 0) is 32.7 Å². The highest BCUT2D eigenvalue weighted by Gasteiger charge is 2.26. The van der Waals surface area contributed by atoms with E-state index in [-0.39, 0.29) is 32.6 Å². The molecule has 9 nitrogen and oxygen atoms in total. The van der Waals surface area contributed by atoms with Gasteiger partial charge < -0.3 is 20.1 Å². The molecule has 0 aliphatic rings. The fraction of sp³-hybridized carbons (Fsp3) is 0.875. The van der Waals surface area contributed by atoms with Crippen LogP contribution in [0.4, 0.5) is 0 Å². The summed E-state index contributed by atoms with van der Waals surface area (Å²) in [5, 5.41) is 0. The Balaban J connectivity index is 4.10. The van der Waals surface area contributed by atoms with Crippen LogP contribution in [0.15, 0.2) is 24.3 Å². The molecule has 0 spiro atoms. The first-order valence-corrected chi connectivity index (χ1v) is 25.8. The Morgan fingerprint density at radius 3 is 1.36 bits per heavy atom. The summed E-state index contributed by atoms with van der Waals surface area (Å²) in [6, 6.07) is 0. The Morgan fingerprint density at radius 2 is 0.914 bits per heavy atom. The molecule has 3 N–H and O–H groups in total. The summed E-state index contributed by atoms with van der Waals surface area (Å²) >= 11 is 0. The van der Waals surface area contributed by atoms with Gasteiger partial charge in [0.25, 0.3) is 0 Å². The van der Waals surface area contributed by atoms with E-state index in [0.717, 1.165) is 32.1 Å². The molecule has 0 aliphatic heterocycles. The zero-order chi connectivity index (χ0) is 42.5. The molecule has 0 aromatic carbocycles. The molecule has 0 aliphatic carbocycles. The lowest BCUT2D eigenvalue weighted by molar-refractivity contribution is -0.161. The van der Waals surface area contributed by atoms with E-state index in [4.69, 9.17) is 24.3 Å². The number of phosphoric ester groups is 1. The SMILES string of the molecule is CCCCCCCCCCC/C=C/C/C=C/CCCC(=O)OC[C@H](COP(=O)(O)OCCN)OC(=O)CCCCCCCCCCCCCCCCCCCCCC. The van der Waals surface area contributed by atoms with Crippen molar-refractivity contribution < 1.29 is 37.6 Å². The van der Waals surface area contributed by atoms with Gasteiger partial charge in [0.1, 0.15) is 6.61 Å². The van der Waals surface area contributed by atoms with Gasteiger partial charge in [0.15, 0.2) is 6.10 Å². The molecular weight excluding hydrogens is 750 g/mol. The van der Waals surface area contributed by atoms with Gasteiger partial charge in [0.05, 0.1) is 13.2 Å². The minimum atomic E-state index is -4.38. The van der Waals surface area contributed by atoms with Crippen molar-refractivity contribution in [3.05, 3.63) is 24.3 Å². The number of hydrogen-bond acceptors (Lipinski definition) is 8. The van der Waals surface area contributed by atoms with Crippen molar-refractivity contribution in [2.45, 2.75) is 245 Å². The van der Waals surface area contributed by atoms with Gasteiger partial charge in [-0.05, 0) is 38.5 Å². The molecule has 2 atom stereocenters. The normalized spacial score (nSPS) is 13.4. The molecule has 0 fully saturated rings. The summed E-state index contributed by atoms with van der Waals surface area (Å²) in [4.78, 5) is 34.9. The fourth-order valence-electron chi connectivity index (χ4n) is 6.97. The first kappa shape index (κ1) is 56.5. The number of ether oxygens (including phenoxy) is 2. The van der Waals surface area contributed by atoms with Crippen LogP contribution in [0.25, 0.3) is 0 Å². The van der Waals surface area contributed by atoms with Crippen LogP contribution in [0.5, 0.6) is 0 Å². The molecule has 58 heavy (non-hydrogen) atoms. The van der Waals surface area contributed by atoms with Crippen LogP contribution in [0, 0.1) is 0 Å². The maximum absolute atomic E-state index is 12.6. The Kier molecular flexibility index (Phi) is 43.9. The highest BCUT2D eigenvalue weighted by Crippen LogP contribution is 2.43. The third-order valence-electron chi connectivity index (χ3n) is 10.6. The van der Waals surface area contributed by atoms with Gasteiger partial charge in [-0.1, -0.05) is 212 Å². The number of carbonyl (C=O) groups excluding carboxylic acids is 2. The lowest BCUT2D eigenvalue weighted by Gasteiger charge is -2.19. The summed E-state index contributed by atoms with van der Waals surface area (Å²) in [5.74, 6) is -0.869. The molecular formula is C48H92NO8P. The van der Waals surface area contributed by atoms with Crippen molar-refractivity contribution >= 4 is 19.8 Å². The highest BCUT2D eigenvalue weighted by atomic mass is 31.2. The second-order valence-electron chi connectivity index (χ2n) is 16.3. The average molecular weight is 842 g/mol. The monoisotopic (exact) mass is 842 g/mol. The first-order valence-electron chi connectivity index (χ1n) is 24.3. The summed E-state index contributed by atoms with van der Waals surface area (Å²) in [7, 11) is -4.38. The molecule has 0 radical (unpaired) electrons. The summed E-state index contributed by atoms with van der Waals surface area (Å²) in [6.45, 7) is 3.73. The third kappa shape index (κ3) is 44.1. The maximum Gasteiger partial charge on any atom is 0.472 e. The molecule has 0 saturated carbocycles. The zero-order valence-electron chi connectivity index (χ0n) is 37.8. The van der Waals surface area contributed by atoms with Gasteiger partial charge >= 0.3 is 19.8 Å². The van der Waals surface area contributed by atoms with E-state index in [1.54, 1.807) is 0 Å². The Hall–Kier alpha value is -1.51. The molecule has 0 amide bonds. The van der Waals surface area contributed by atoms with E-state index < -0.39 is 32.5 Å². The molecule has 1 unspecified atom stereocenters. The van der Waals surface area contributed by atoms with Crippen molar-refractivity contribution in [2.75, 3.05) is 26.4 Å². The number of phosphoric acid groups is 1. The number of esters is 2. The van der Waals surface area contributed by atoms with Crippen LogP contribution in [0.1, 0.15) is 239 Å². The van der Waals surface area contributed by atoms with Gasteiger partial charge in [-0.25, -0.2) is 4.57 Å². The van der Waals surface area contributed by atoms with Crippen LogP contribution in [-0.4, -0.2) is 49.3 Å². The zero-order valence-corrected chi connectivity index (χ0v) is 38.7. The average Bonchev–Trinajstić information content (AvgIpc) is 3.21. The standard InChI is InChI=1S/C48H92NO8P/c1-3-5-7-9-11-13-15-17-19-21-22-23-25-27-29-31-33-35-37-39-41-48(51)57-46(45-56-58(52,53)55-43-42-49)44-54-47(50)40-38-36-34-32-30-28-26-24-20-18-16-14-12-10-8-6-4-2/h26,28,32,34,46H,3-25,27,29-31,33,35-45,49H2,1-2H3,(H,52,53)/b28-26+,34-32+/t46-/m1/s1. The van der Waals surface area contributed by atoms with E-state index in [1.165, 1.54) is 167 Å². The third-order valence-corrected chi connectivity index (χ3v) is 11.6. The minimum absolute atomic E-state index is 0.0503. The van der Waals surface area contributed by atoms with Gasteiger partial charge in [-0.3, -0.25) is 18.6 Å². The first-order chi connectivity index (χ1) is 28.3. The summed E-state index contributed by atoms with van der Waals surface area (Å²) in [5.41, 5.74) is 5.36. The molecule has 0 rings (SSSR count). The fourth-order valence-corrected chi connectivity index (χ4v) is 7.74. The molecule has 0 heterocycles.